The van der Waals surface area contributed by atoms with E-state index in [2.05, 4.69) is 30.8 Å². The normalized spacial score (nSPS) is 10.8. The van der Waals surface area contributed by atoms with Crippen LogP contribution in [0.3, 0.4) is 0 Å². The molecule has 1 aromatic heterocycles. The first-order chi connectivity index (χ1) is 11.1. The lowest BCUT2D eigenvalue weighted by Gasteiger charge is -2.08. The van der Waals surface area contributed by atoms with Gasteiger partial charge in [0.25, 0.3) is 5.69 Å². The summed E-state index contributed by atoms with van der Waals surface area (Å²) in [5.41, 5.74) is 2.69. The van der Waals surface area contributed by atoms with Crippen LogP contribution in [0.1, 0.15) is 6.42 Å². The zero-order valence-corrected chi connectivity index (χ0v) is 13.9. The quantitative estimate of drug-likeness (QED) is 0.398. The zero-order valence-electron chi connectivity index (χ0n) is 12.3. The van der Waals surface area contributed by atoms with Crippen LogP contribution in [0.25, 0.3) is 11.0 Å². The highest BCUT2D eigenvalue weighted by Crippen LogP contribution is 2.27. The molecule has 1 N–H and O–H groups in total. The molecule has 0 unspecified atom stereocenters. The molecule has 118 valence electrons. The molecule has 0 fully saturated rings. The van der Waals surface area contributed by atoms with Crippen LogP contribution in [0.15, 0.2) is 53.3 Å². The summed E-state index contributed by atoms with van der Waals surface area (Å²) in [5.74, 6) is 0. The number of imidazole rings is 1. The number of nitrogens with one attached hydrogen (secondary N) is 1. The average molecular weight is 375 g/mol. The summed E-state index contributed by atoms with van der Waals surface area (Å²) >= 11 is 3.25. The smallest absolute Gasteiger partial charge is 0.293 e. The molecule has 0 bridgehead atoms. The van der Waals surface area contributed by atoms with Crippen molar-refractivity contribution in [3.05, 3.63) is 63.4 Å². The van der Waals surface area contributed by atoms with Gasteiger partial charge < -0.3 is 9.88 Å². The highest BCUT2D eigenvalue weighted by Gasteiger charge is 2.13. The number of aromatic nitrogens is 2. The van der Waals surface area contributed by atoms with Crippen molar-refractivity contribution in [1.29, 1.82) is 0 Å². The minimum atomic E-state index is -0.379. The largest absolute Gasteiger partial charge is 0.379 e. The van der Waals surface area contributed by atoms with Crippen LogP contribution >= 0.6 is 15.9 Å². The summed E-state index contributed by atoms with van der Waals surface area (Å²) in [7, 11) is 0. The van der Waals surface area contributed by atoms with E-state index in [4.69, 9.17) is 0 Å². The van der Waals surface area contributed by atoms with Crippen molar-refractivity contribution in [3.8, 4) is 0 Å². The molecule has 0 saturated carbocycles. The molecule has 0 aliphatic rings. The van der Waals surface area contributed by atoms with Crippen LogP contribution in [0.2, 0.25) is 0 Å². The molecule has 6 nitrogen and oxygen atoms in total. The van der Waals surface area contributed by atoms with Crippen molar-refractivity contribution >= 4 is 38.3 Å². The summed E-state index contributed by atoms with van der Waals surface area (Å²) in [4.78, 5) is 15.0. The third-order valence-electron chi connectivity index (χ3n) is 3.58. The van der Waals surface area contributed by atoms with Crippen LogP contribution < -0.4 is 5.32 Å². The third kappa shape index (κ3) is 3.50. The van der Waals surface area contributed by atoms with Gasteiger partial charge in [-0.15, -0.1) is 0 Å². The number of anilines is 1. The molecule has 23 heavy (non-hydrogen) atoms. The fourth-order valence-corrected chi connectivity index (χ4v) is 2.82. The van der Waals surface area contributed by atoms with Gasteiger partial charge >= 0.3 is 0 Å². The number of nitro groups is 1. The van der Waals surface area contributed by atoms with Crippen molar-refractivity contribution in [2.24, 2.45) is 0 Å². The van der Waals surface area contributed by atoms with Gasteiger partial charge in [0.1, 0.15) is 5.69 Å². The number of nitro benzene ring substituents is 1. The minimum absolute atomic E-state index is 0.0763. The number of halogens is 1. The number of fused-ring (bicyclic) bond motifs is 1. The molecule has 0 amide bonds. The van der Waals surface area contributed by atoms with Crippen molar-refractivity contribution in [3.63, 3.8) is 0 Å². The molecule has 0 atom stereocenters. The van der Waals surface area contributed by atoms with Gasteiger partial charge in [-0.25, -0.2) is 4.98 Å². The molecule has 7 heteroatoms. The number of nitrogens with zero attached hydrogens (tertiary/aromatic N) is 3. The van der Waals surface area contributed by atoms with Gasteiger partial charge in [-0.1, -0.05) is 28.1 Å². The molecule has 0 saturated heterocycles. The molecule has 2 aromatic carbocycles. The zero-order chi connectivity index (χ0) is 16.2. The van der Waals surface area contributed by atoms with E-state index in [0.717, 1.165) is 24.0 Å². The first-order valence-corrected chi connectivity index (χ1v) is 8.02. The molecule has 0 spiro atoms. The number of aryl methyl sites for hydroxylation is 1. The van der Waals surface area contributed by atoms with Gasteiger partial charge in [-0.2, -0.15) is 0 Å². The van der Waals surface area contributed by atoms with E-state index in [1.54, 1.807) is 12.1 Å². The molecule has 3 rings (SSSR count). The van der Waals surface area contributed by atoms with E-state index >= 15 is 0 Å². The maximum Gasteiger partial charge on any atom is 0.293 e. The molecule has 0 aliphatic heterocycles. The summed E-state index contributed by atoms with van der Waals surface area (Å²) < 4.78 is 2.78. The Morgan fingerprint density at radius 2 is 2.09 bits per heavy atom. The number of benzene rings is 2. The average Bonchev–Trinajstić information content (AvgIpc) is 2.96. The standard InChI is InChI=1S/C16H15BrN4O2/c17-12-6-7-14(16(10-12)21(22)23)18-8-3-9-20-11-19-13-4-1-2-5-15(13)20/h1-2,4-7,10-11,18H,3,8-9H2. The molecule has 1 heterocycles. The Morgan fingerprint density at radius 3 is 2.91 bits per heavy atom. The molecule has 3 aromatic rings. The Bertz CT molecular complexity index is 847. The maximum absolute atomic E-state index is 11.1. The second-order valence-corrected chi connectivity index (χ2v) is 6.04. The van der Waals surface area contributed by atoms with Crippen molar-refractivity contribution < 1.29 is 4.92 Å². The van der Waals surface area contributed by atoms with E-state index in [0.29, 0.717) is 16.7 Å². The van der Waals surface area contributed by atoms with Gasteiger partial charge in [0.2, 0.25) is 0 Å². The number of para-hydroxylation sites is 2. The topological polar surface area (TPSA) is 73.0 Å². The second-order valence-electron chi connectivity index (χ2n) is 5.13. The van der Waals surface area contributed by atoms with Crippen molar-refractivity contribution in [1.82, 2.24) is 9.55 Å². The maximum atomic E-state index is 11.1. The van der Waals surface area contributed by atoms with Gasteiger partial charge in [0, 0.05) is 23.6 Å². The van der Waals surface area contributed by atoms with Crippen molar-refractivity contribution in [2.75, 3.05) is 11.9 Å². The van der Waals surface area contributed by atoms with E-state index in [1.165, 1.54) is 6.07 Å². The molecule has 0 aliphatic carbocycles. The Labute approximate surface area is 141 Å². The monoisotopic (exact) mass is 374 g/mol. The second kappa shape index (κ2) is 6.78. The van der Waals surface area contributed by atoms with E-state index in [1.807, 2.05) is 30.6 Å². The summed E-state index contributed by atoms with van der Waals surface area (Å²) in [6, 6.07) is 13.0. The van der Waals surface area contributed by atoms with Gasteiger partial charge in [0.15, 0.2) is 0 Å². The van der Waals surface area contributed by atoms with Crippen LogP contribution in [0.4, 0.5) is 11.4 Å². The number of hydrogen-bond acceptors (Lipinski definition) is 4. The Kier molecular flexibility index (Phi) is 4.57. The van der Waals surface area contributed by atoms with Crippen LogP contribution in [0.5, 0.6) is 0 Å². The minimum Gasteiger partial charge on any atom is -0.379 e. The Morgan fingerprint density at radius 1 is 1.26 bits per heavy atom. The summed E-state index contributed by atoms with van der Waals surface area (Å²) in [5, 5.41) is 14.2. The van der Waals surface area contributed by atoms with Gasteiger partial charge in [-0.05, 0) is 30.7 Å². The van der Waals surface area contributed by atoms with Crippen LogP contribution in [-0.4, -0.2) is 21.0 Å². The van der Waals surface area contributed by atoms with E-state index in [9.17, 15) is 10.1 Å². The lowest BCUT2D eigenvalue weighted by molar-refractivity contribution is -0.384. The molecule has 0 radical (unpaired) electrons. The predicted octanol–water partition coefficient (Wildman–Crippen LogP) is 4.21. The highest BCUT2D eigenvalue weighted by atomic mass is 79.9. The SMILES string of the molecule is O=[N+]([O-])c1cc(Br)ccc1NCCCn1cnc2ccccc21. The lowest BCUT2D eigenvalue weighted by Crippen LogP contribution is -2.07. The number of hydrogen-bond donors (Lipinski definition) is 1. The molecular weight excluding hydrogens is 360 g/mol. The first kappa shape index (κ1) is 15.5. The number of rotatable bonds is 6. The van der Waals surface area contributed by atoms with Crippen LogP contribution in [-0.2, 0) is 6.54 Å². The fourth-order valence-electron chi connectivity index (χ4n) is 2.47. The Hall–Kier alpha value is -2.41. The fraction of sp³-hybridized carbons (Fsp3) is 0.188. The van der Waals surface area contributed by atoms with Gasteiger partial charge in [0.05, 0.1) is 22.3 Å². The highest BCUT2D eigenvalue weighted by molar-refractivity contribution is 9.10. The van der Waals surface area contributed by atoms with Crippen LogP contribution in [0, 0.1) is 10.1 Å². The summed E-state index contributed by atoms with van der Waals surface area (Å²) in [6.45, 7) is 1.45. The van der Waals surface area contributed by atoms with Gasteiger partial charge in [-0.3, -0.25) is 10.1 Å². The summed E-state index contributed by atoms with van der Waals surface area (Å²) in [6.07, 6.45) is 2.67. The third-order valence-corrected chi connectivity index (χ3v) is 4.07. The molecular formula is C16H15BrN4O2. The van der Waals surface area contributed by atoms with E-state index in [-0.39, 0.29) is 10.6 Å². The lowest BCUT2D eigenvalue weighted by atomic mass is 10.2. The predicted molar refractivity (Wildman–Crippen MR) is 93.6 cm³/mol. The first-order valence-electron chi connectivity index (χ1n) is 7.23. The van der Waals surface area contributed by atoms with Crippen molar-refractivity contribution in [2.45, 2.75) is 13.0 Å². The Balaban J connectivity index is 1.61. The van der Waals surface area contributed by atoms with E-state index < -0.39 is 0 Å².